The molecule has 1 atom stereocenters. The number of aromatic amines is 1. The molecule has 0 spiro atoms. The summed E-state index contributed by atoms with van der Waals surface area (Å²) in [6.07, 6.45) is 0.821. The molecule has 0 fully saturated rings. The molecule has 3 aromatic rings. The molecule has 0 saturated heterocycles. The van der Waals surface area contributed by atoms with Crippen LogP contribution in [-0.2, 0) is 12.8 Å². The second-order valence-electron chi connectivity index (χ2n) is 7.47. The number of benzene rings is 1. The summed E-state index contributed by atoms with van der Waals surface area (Å²) in [5.74, 6) is 0.337. The van der Waals surface area contributed by atoms with Crippen LogP contribution in [0.25, 0.3) is 0 Å². The summed E-state index contributed by atoms with van der Waals surface area (Å²) in [6.45, 7) is 7.44. The van der Waals surface area contributed by atoms with Gasteiger partial charge in [-0.2, -0.15) is 0 Å². The van der Waals surface area contributed by atoms with Crippen LogP contribution in [0.1, 0.15) is 71.6 Å². The summed E-state index contributed by atoms with van der Waals surface area (Å²) in [7, 11) is 0. The molecule has 158 valence electrons. The smallest absolute Gasteiger partial charge is 0.257 e. The Morgan fingerprint density at radius 3 is 2.60 bits per heavy atom. The molecule has 0 aliphatic heterocycles. The molecular weight excluding hydrogens is 387 g/mol. The number of carbonyl (C=O) groups excluding carboxylic acids is 1. The Labute approximate surface area is 173 Å². The third-order valence-corrected chi connectivity index (χ3v) is 4.85. The van der Waals surface area contributed by atoms with Gasteiger partial charge in [0.1, 0.15) is 23.0 Å². The van der Waals surface area contributed by atoms with Gasteiger partial charge in [-0.05, 0) is 31.0 Å². The third kappa shape index (κ3) is 4.82. The molecule has 0 aliphatic rings. The monoisotopic (exact) mass is 412 g/mol. The van der Waals surface area contributed by atoms with E-state index in [2.05, 4.69) is 20.4 Å². The van der Waals surface area contributed by atoms with Gasteiger partial charge in [0, 0.05) is 18.4 Å². The van der Waals surface area contributed by atoms with Crippen LogP contribution in [0.5, 0.6) is 0 Å². The number of H-pyrrole nitrogens is 1. The highest BCUT2D eigenvalue weighted by molar-refractivity contribution is 5.96. The van der Waals surface area contributed by atoms with Crippen molar-refractivity contribution in [3.05, 3.63) is 80.6 Å². The van der Waals surface area contributed by atoms with Crippen LogP contribution in [0.2, 0.25) is 0 Å². The molecule has 1 aromatic carbocycles. The lowest BCUT2D eigenvalue weighted by Gasteiger charge is -2.20. The standard InChI is InChI=1S/C22H25FN4O3/c1-5-17-20(13(4)30-27-17)22(29)25-18(14-6-8-15(23)9-7-14)10-16-11-19(28)26-21(24-16)12(2)3/h6-9,11-12,18H,5,10H2,1-4H3,(H,25,29)(H,24,26,28)/t18-/m0/s1. The molecule has 0 aliphatic carbocycles. The Kier molecular flexibility index (Phi) is 6.44. The van der Waals surface area contributed by atoms with Gasteiger partial charge in [0.2, 0.25) is 0 Å². The molecule has 0 bridgehead atoms. The fourth-order valence-corrected chi connectivity index (χ4v) is 3.24. The van der Waals surface area contributed by atoms with Gasteiger partial charge >= 0.3 is 0 Å². The van der Waals surface area contributed by atoms with Crippen LogP contribution in [0, 0.1) is 12.7 Å². The van der Waals surface area contributed by atoms with Gasteiger partial charge in [-0.3, -0.25) is 9.59 Å². The topological polar surface area (TPSA) is 101 Å². The predicted octanol–water partition coefficient (Wildman–Crippen LogP) is 3.61. The largest absolute Gasteiger partial charge is 0.361 e. The summed E-state index contributed by atoms with van der Waals surface area (Å²) in [5.41, 5.74) is 1.95. The lowest BCUT2D eigenvalue weighted by molar-refractivity contribution is 0.0934. The quantitative estimate of drug-likeness (QED) is 0.617. The van der Waals surface area contributed by atoms with E-state index in [0.29, 0.717) is 40.5 Å². The molecular formula is C22H25FN4O3. The lowest BCUT2D eigenvalue weighted by Crippen LogP contribution is -2.31. The Morgan fingerprint density at radius 1 is 1.27 bits per heavy atom. The maximum atomic E-state index is 13.4. The number of hydrogen-bond acceptors (Lipinski definition) is 5. The van der Waals surface area contributed by atoms with Gasteiger partial charge < -0.3 is 14.8 Å². The van der Waals surface area contributed by atoms with Gasteiger partial charge in [-0.25, -0.2) is 9.37 Å². The number of carbonyl (C=O) groups is 1. The van der Waals surface area contributed by atoms with E-state index < -0.39 is 6.04 Å². The number of aryl methyl sites for hydroxylation is 2. The minimum atomic E-state index is -0.522. The highest BCUT2D eigenvalue weighted by atomic mass is 19.1. The van der Waals surface area contributed by atoms with E-state index in [9.17, 15) is 14.0 Å². The fourth-order valence-electron chi connectivity index (χ4n) is 3.24. The number of nitrogens with zero attached hydrogens (tertiary/aromatic N) is 2. The Morgan fingerprint density at radius 2 is 1.97 bits per heavy atom. The number of nitrogens with one attached hydrogen (secondary N) is 2. The van der Waals surface area contributed by atoms with Crippen molar-refractivity contribution in [2.45, 2.75) is 52.5 Å². The van der Waals surface area contributed by atoms with E-state index in [1.165, 1.54) is 18.2 Å². The van der Waals surface area contributed by atoms with E-state index in [1.54, 1.807) is 19.1 Å². The van der Waals surface area contributed by atoms with Gasteiger partial charge in [-0.15, -0.1) is 0 Å². The van der Waals surface area contributed by atoms with Gasteiger partial charge in [0.15, 0.2) is 0 Å². The minimum Gasteiger partial charge on any atom is -0.361 e. The van der Waals surface area contributed by atoms with Crippen molar-refractivity contribution < 1.29 is 13.7 Å². The molecule has 0 radical (unpaired) electrons. The van der Waals surface area contributed by atoms with Crippen molar-refractivity contribution in [2.75, 3.05) is 0 Å². The average Bonchev–Trinajstić information content (AvgIpc) is 3.08. The van der Waals surface area contributed by atoms with E-state index in [-0.39, 0.29) is 29.6 Å². The molecule has 7 nitrogen and oxygen atoms in total. The van der Waals surface area contributed by atoms with Crippen molar-refractivity contribution in [1.82, 2.24) is 20.4 Å². The second kappa shape index (κ2) is 9.02. The van der Waals surface area contributed by atoms with Crippen LogP contribution in [0.4, 0.5) is 4.39 Å². The van der Waals surface area contributed by atoms with Crippen LogP contribution < -0.4 is 10.9 Å². The van der Waals surface area contributed by atoms with Crippen LogP contribution in [0.15, 0.2) is 39.6 Å². The first kappa shape index (κ1) is 21.4. The number of amides is 1. The van der Waals surface area contributed by atoms with Crippen LogP contribution in [0.3, 0.4) is 0 Å². The number of halogens is 1. The zero-order chi connectivity index (χ0) is 21.8. The first-order valence-electron chi connectivity index (χ1n) is 9.90. The fraction of sp³-hybridized carbons (Fsp3) is 0.364. The van der Waals surface area contributed by atoms with Gasteiger partial charge in [0.25, 0.3) is 11.5 Å². The molecule has 3 rings (SSSR count). The number of aromatic nitrogens is 3. The molecule has 8 heteroatoms. The lowest BCUT2D eigenvalue weighted by atomic mass is 10.0. The van der Waals surface area contributed by atoms with E-state index in [1.807, 2.05) is 20.8 Å². The van der Waals surface area contributed by atoms with Gasteiger partial charge in [-0.1, -0.05) is 38.1 Å². The van der Waals surface area contributed by atoms with Crippen molar-refractivity contribution in [2.24, 2.45) is 0 Å². The zero-order valence-corrected chi connectivity index (χ0v) is 17.5. The first-order valence-corrected chi connectivity index (χ1v) is 9.90. The highest BCUT2D eigenvalue weighted by Gasteiger charge is 2.23. The summed E-state index contributed by atoms with van der Waals surface area (Å²) in [5, 5.41) is 6.90. The first-order chi connectivity index (χ1) is 14.3. The Bertz CT molecular complexity index is 1090. The van der Waals surface area contributed by atoms with E-state index in [0.717, 1.165) is 0 Å². The maximum absolute atomic E-state index is 13.4. The van der Waals surface area contributed by atoms with Gasteiger partial charge in [0.05, 0.1) is 17.4 Å². The Hall–Kier alpha value is -3.29. The molecule has 2 aromatic heterocycles. The van der Waals surface area contributed by atoms with Crippen molar-refractivity contribution in [1.29, 1.82) is 0 Å². The zero-order valence-electron chi connectivity index (χ0n) is 17.5. The SMILES string of the molecule is CCc1noc(C)c1C(=O)N[C@@H](Cc1cc(=O)[nH]c(C(C)C)n1)c1ccc(F)cc1. The summed E-state index contributed by atoms with van der Waals surface area (Å²) in [6, 6.07) is 6.78. The number of rotatable bonds is 7. The Balaban J connectivity index is 1.95. The predicted molar refractivity (Wildman–Crippen MR) is 110 cm³/mol. The molecule has 2 N–H and O–H groups in total. The normalized spacial score (nSPS) is 12.2. The van der Waals surface area contributed by atoms with Crippen LogP contribution in [-0.4, -0.2) is 21.0 Å². The second-order valence-corrected chi connectivity index (χ2v) is 7.47. The summed E-state index contributed by atoms with van der Waals surface area (Å²) >= 11 is 0. The third-order valence-electron chi connectivity index (χ3n) is 4.85. The molecule has 1 amide bonds. The summed E-state index contributed by atoms with van der Waals surface area (Å²) in [4.78, 5) is 32.3. The highest BCUT2D eigenvalue weighted by Crippen LogP contribution is 2.21. The molecule has 0 unspecified atom stereocenters. The molecule has 2 heterocycles. The van der Waals surface area contributed by atoms with Crippen molar-refractivity contribution >= 4 is 5.91 Å². The van der Waals surface area contributed by atoms with Crippen molar-refractivity contribution in [3.8, 4) is 0 Å². The van der Waals surface area contributed by atoms with E-state index >= 15 is 0 Å². The van der Waals surface area contributed by atoms with Crippen molar-refractivity contribution in [3.63, 3.8) is 0 Å². The maximum Gasteiger partial charge on any atom is 0.257 e. The number of hydrogen-bond donors (Lipinski definition) is 2. The average molecular weight is 412 g/mol. The molecule has 0 saturated carbocycles. The van der Waals surface area contributed by atoms with E-state index in [4.69, 9.17) is 4.52 Å². The minimum absolute atomic E-state index is 0.0447. The van der Waals surface area contributed by atoms with Crippen LogP contribution >= 0.6 is 0 Å². The summed E-state index contributed by atoms with van der Waals surface area (Å²) < 4.78 is 18.6. The molecule has 30 heavy (non-hydrogen) atoms.